The van der Waals surface area contributed by atoms with E-state index in [9.17, 15) is 9.18 Å². The maximum absolute atomic E-state index is 13.9. The fourth-order valence-corrected chi connectivity index (χ4v) is 2.25. The molecule has 0 fully saturated rings. The summed E-state index contributed by atoms with van der Waals surface area (Å²) in [5.41, 5.74) is 1.37. The van der Waals surface area contributed by atoms with Gasteiger partial charge in [0.05, 0.1) is 17.7 Å². The summed E-state index contributed by atoms with van der Waals surface area (Å²) in [6.45, 7) is 8.52. The summed E-state index contributed by atoms with van der Waals surface area (Å²) in [5, 5.41) is 0. The van der Waals surface area contributed by atoms with E-state index in [-0.39, 0.29) is 16.8 Å². The average Bonchev–Trinajstić information content (AvgIpc) is 2.46. The molecule has 0 N–H and O–H groups in total. The van der Waals surface area contributed by atoms with Crippen molar-refractivity contribution in [2.24, 2.45) is 0 Å². The van der Waals surface area contributed by atoms with Gasteiger partial charge in [0, 0.05) is 0 Å². The van der Waals surface area contributed by atoms with E-state index in [0.29, 0.717) is 17.9 Å². The van der Waals surface area contributed by atoms with Crippen LogP contribution in [0.4, 0.5) is 4.39 Å². The van der Waals surface area contributed by atoms with Crippen LogP contribution in [0.25, 0.3) is 0 Å². The number of hydrogen-bond acceptors (Lipinski definition) is 2. The maximum atomic E-state index is 13.9. The predicted molar refractivity (Wildman–Crippen MR) is 86.1 cm³/mol. The van der Waals surface area contributed by atoms with Crippen molar-refractivity contribution in [3.05, 3.63) is 65.0 Å². The van der Waals surface area contributed by atoms with Gasteiger partial charge in [0.15, 0.2) is 5.78 Å². The van der Waals surface area contributed by atoms with Crippen molar-refractivity contribution < 1.29 is 13.9 Å². The Hall–Kier alpha value is -2.16. The van der Waals surface area contributed by atoms with Gasteiger partial charge in [-0.15, -0.1) is 0 Å². The highest BCUT2D eigenvalue weighted by Gasteiger charge is 2.22. The van der Waals surface area contributed by atoms with E-state index in [1.807, 2.05) is 13.0 Å². The molecule has 0 radical (unpaired) electrons. The van der Waals surface area contributed by atoms with Gasteiger partial charge in [-0.05, 0) is 42.2 Å². The topological polar surface area (TPSA) is 26.3 Å². The molecule has 22 heavy (non-hydrogen) atoms. The van der Waals surface area contributed by atoms with Crippen LogP contribution < -0.4 is 4.74 Å². The van der Waals surface area contributed by atoms with E-state index in [2.05, 4.69) is 20.8 Å². The summed E-state index contributed by atoms with van der Waals surface area (Å²) in [6.07, 6.45) is 0. The fraction of sp³-hybridized carbons (Fsp3) is 0.316. The van der Waals surface area contributed by atoms with Crippen LogP contribution >= 0.6 is 0 Å². The molecule has 2 aromatic carbocycles. The van der Waals surface area contributed by atoms with E-state index < -0.39 is 5.82 Å². The number of hydrogen-bond donors (Lipinski definition) is 0. The Labute approximate surface area is 130 Å². The lowest BCUT2D eigenvalue weighted by molar-refractivity contribution is 0.103. The van der Waals surface area contributed by atoms with E-state index in [1.165, 1.54) is 12.1 Å². The molecule has 116 valence electrons. The van der Waals surface area contributed by atoms with Gasteiger partial charge in [0.1, 0.15) is 11.6 Å². The van der Waals surface area contributed by atoms with Crippen LogP contribution in [-0.4, -0.2) is 12.4 Å². The molecule has 0 atom stereocenters. The lowest BCUT2D eigenvalue weighted by Gasteiger charge is -2.21. The van der Waals surface area contributed by atoms with Gasteiger partial charge in [0.25, 0.3) is 0 Å². The van der Waals surface area contributed by atoms with Crippen molar-refractivity contribution in [1.82, 2.24) is 0 Å². The zero-order chi connectivity index (χ0) is 16.3. The predicted octanol–water partition coefficient (Wildman–Crippen LogP) is 4.75. The number of carbonyl (C=O) groups is 1. The third-order valence-electron chi connectivity index (χ3n) is 3.51. The summed E-state index contributed by atoms with van der Waals surface area (Å²) in [7, 11) is 0. The number of ketones is 1. The van der Waals surface area contributed by atoms with E-state index in [1.54, 1.807) is 24.3 Å². The number of benzene rings is 2. The summed E-state index contributed by atoms with van der Waals surface area (Å²) in [4.78, 5) is 12.7. The molecule has 0 spiro atoms. The first-order valence-corrected chi connectivity index (χ1v) is 7.41. The largest absolute Gasteiger partial charge is 0.493 e. The van der Waals surface area contributed by atoms with Crippen LogP contribution in [0, 0.1) is 5.82 Å². The molecule has 0 aliphatic heterocycles. The van der Waals surface area contributed by atoms with Gasteiger partial charge >= 0.3 is 0 Å². The summed E-state index contributed by atoms with van der Waals surface area (Å²) in [5.74, 6) is -0.382. The highest BCUT2D eigenvalue weighted by molar-refractivity contribution is 6.11. The molecule has 2 aromatic rings. The molecule has 0 saturated carbocycles. The summed E-state index contributed by atoms with van der Waals surface area (Å²) >= 11 is 0. The number of carbonyl (C=O) groups excluding carboxylic acids is 1. The normalized spacial score (nSPS) is 11.3. The Bertz CT molecular complexity index is 684. The lowest BCUT2D eigenvalue weighted by atomic mass is 9.85. The number of ether oxygens (including phenoxy) is 1. The Balaban J connectivity index is 2.56. The number of halogens is 1. The molecule has 0 aliphatic carbocycles. The zero-order valence-electron chi connectivity index (χ0n) is 13.4. The van der Waals surface area contributed by atoms with Gasteiger partial charge in [-0.25, -0.2) is 4.39 Å². The third-order valence-corrected chi connectivity index (χ3v) is 3.51. The molecule has 0 amide bonds. The van der Waals surface area contributed by atoms with Gasteiger partial charge < -0.3 is 4.74 Å². The third kappa shape index (κ3) is 3.35. The molecule has 2 rings (SSSR count). The van der Waals surface area contributed by atoms with Crippen molar-refractivity contribution in [1.29, 1.82) is 0 Å². The molecule has 2 nitrogen and oxygen atoms in total. The maximum Gasteiger partial charge on any atom is 0.199 e. The van der Waals surface area contributed by atoms with Crippen LogP contribution in [-0.2, 0) is 5.41 Å². The Kier molecular flexibility index (Phi) is 4.65. The van der Waals surface area contributed by atoms with Crippen LogP contribution in [0.1, 0.15) is 49.2 Å². The van der Waals surface area contributed by atoms with Crippen LogP contribution in [0.5, 0.6) is 5.75 Å². The van der Waals surface area contributed by atoms with Gasteiger partial charge in [-0.3, -0.25) is 4.79 Å². The lowest BCUT2D eigenvalue weighted by Crippen LogP contribution is -2.14. The quantitative estimate of drug-likeness (QED) is 0.761. The fourth-order valence-electron chi connectivity index (χ4n) is 2.25. The van der Waals surface area contributed by atoms with Crippen molar-refractivity contribution >= 4 is 5.78 Å². The standard InChI is InChI=1S/C19H21FO2/c1-5-22-17-11-10-13(19(2,3)4)12-15(17)18(21)14-8-6-7-9-16(14)20/h6-12H,5H2,1-4H3. The molecular formula is C19H21FO2. The minimum atomic E-state index is -0.517. The second-order valence-electron chi connectivity index (χ2n) is 6.20. The molecule has 0 bridgehead atoms. The molecule has 0 unspecified atom stereocenters. The highest BCUT2D eigenvalue weighted by atomic mass is 19.1. The Morgan fingerprint density at radius 2 is 1.77 bits per heavy atom. The molecule has 0 saturated heterocycles. The average molecular weight is 300 g/mol. The summed E-state index contributed by atoms with van der Waals surface area (Å²) < 4.78 is 19.5. The van der Waals surface area contributed by atoms with Gasteiger partial charge in [0.2, 0.25) is 0 Å². The van der Waals surface area contributed by atoms with Crippen molar-refractivity contribution in [2.45, 2.75) is 33.1 Å². The first-order valence-electron chi connectivity index (χ1n) is 7.41. The zero-order valence-corrected chi connectivity index (χ0v) is 13.4. The highest BCUT2D eigenvalue weighted by Crippen LogP contribution is 2.30. The first-order chi connectivity index (χ1) is 10.3. The molecule has 0 aliphatic rings. The van der Waals surface area contributed by atoms with Crippen LogP contribution in [0.15, 0.2) is 42.5 Å². The van der Waals surface area contributed by atoms with Crippen molar-refractivity contribution in [3.63, 3.8) is 0 Å². The molecular weight excluding hydrogens is 279 g/mol. The van der Waals surface area contributed by atoms with Gasteiger partial charge in [-0.1, -0.05) is 39.0 Å². The molecule has 3 heteroatoms. The van der Waals surface area contributed by atoms with Crippen molar-refractivity contribution in [2.75, 3.05) is 6.61 Å². The second kappa shape index (κ2) is 6.30. The first kappa shape index (κ1) is 16.2. The minimum absolute atomic E-state index is 0.0644. The number of rotatable bonds is 4. The smallest absolute Gasteiger partial charge is 0.199 e. The van der Waals surface area contributed by atoms with Gasteiger partial charge in [-0.2, -0.15) is 0 Å². The summed E-state index contributed by atoms with van der Waals surface area (Å²) in [6, 6.07) is 11.6. The molecule has 0 aromatic heterocycles. The van der Waals surface area contributed by atoms with E-state index >= 15 is 0 Å². The van der Waals surface area contributed by atoms with Crippen LogP contribution in [0.3, 0.4) is 0 Å². The Morgan fingerprint density at radius 1 is 1.09 bits per heavy atom. The molecule has 0 heterocycles. The van der Waals surface area contributed by atoms with Crippen LogP contribution in [0.2, 0.25) is 0 Å². The minimum Gasteiger partial charge on any atom is -0.493 e. The Morgan fingerprint density at radius 3 is 2.36 bits per heavy atom. The SMILES string of the molecule is CCOc1ccc(C(C)(C)C)cc1C(=O)c1ccccc1F. The van der Waals surface area contributed by atoms with E-state index in [4.69, 9.17) is 4.74 Å². The van der Waals surface area contributed by atoms with E-state index in [0.717, 1.165) is 5.56 Å². The monoisotopic (exact) mass is 300 g/mol. The second-order valence-corrected chi connectivity index (χ2v) is 6.20. The van der Waals surface area contributed by atoms with Crippen molar-refractivity contribution in [3.8, 4) is 5.75 Å².